The Morgan fingerprint density at radius 1 is 1.36 bits per heavy atom. The molecule has 0 saturated heterocycles. The Morgan fingerprint density at radius 2 is 2.12 bits per heavy atom. The van der Waals surface area contributed by atoms with Crippen molar-refractivity contribution in [2.45, 2.75) is 29.9 Å². The van der Waals surface area contributed by atoms with Crippen LogP contribution in [0.3, 0.4) is 0 Å². The molecule has 0 unspecified atom stereocenters. The molecule has 1 atom stereocenters. The van der Waals surface area contributed by atoms with Gasteiger partial charge in [0.25, 0.3) is 0 Å². The third-order valence-electron chi connectivity index (χ3n) is 4.38. The molecule has 0 bridgehead atoms. The number of hydrogen-bond donors (Lipinski definition) is 2. The van der Waals surface area contributed by atoms with Gasteiger partial charge in [-0.25, -0.2) is 0 Å². The Kier molecular flexibility index (Phi) is 5.94. The van der Waals surface area contributed by atoms with Crippen molar-refractivity contribution < 1.29 is 14.6 Å². The highest BCUT2D eigenvalue weighted by atomic mass is 32.2. The van der Waals surface area contributed by atoms with Gasteiger partial charge in [0.1, 0.15) is 5.75 Å². The fourth-order valence-corrected chi connectivity index (χ4v) is 3.70. The van der Waals surface area contributed by atoms with Gasteiger partial charge >= 0.3 is 0 Å². The fraction of sp³-hybridized carbons (Fsp3) is 0.368. The summed E-state index contributed by atoms with van der Waals surface area (Å²) in [7, 11) is 1.60. The Balaban J connectivity index is 1.66. The largest absolute Gasteiger partial charge is 0.495 e. The van der Waals surface area contributed by atoms with Crippen LogP contribution < -0.4 is 10.1 Å². The van der Waals surface area contributed by atoms with Gasteiger partial charge in [-0.1, -0.05) is 18.2 Å². The van der Waals surface area contributed by atoms with Gasteiger partial charge < -0.3 is 15.2 Å². The third kappa shape index (κ3) is 4.74. The number of aliphatic hydroxyl groups excluding tert-OH is 1. The number of aliphatic hydroxyl groups is 1. The Labute approximate surface area is 151 Å². The first-order valence-corrected chi connectivity index (χ1v) is 9.28. The van der Waals surface area contributed by atoms with Gasteiger partial charge in [0, 0.05) is 11.1 Å². The van der Waals surface area contributed by atoms with E-state index >= 15 is 0 Å². The molecule has 1 aromatic carbocycles. The molecule has 1 heterocycles. The van der Waals surface area contributed by atoms with E-state index in [2.05, 4.69) is 10.3 Å². The molecule has 6 heteroatoms. The van der Waals surface area contributed by atoms with Gasteiger partial charge in [0.05, 0.1) is 31.2 Å². The number of pyridine rings is 1. The zero-order chi connectivity index (χ0) is 17.6. The van der Waals surface area contributed by atoms with Crippen molar-refractivity contribution in [2.75, 3.05) is 12.9 Å². The quantitative estimate of drug-likeness (QED) is 0.745. The predicted molar refractivity (Wildman–Crippen MR) is 97.6 cm³/mol. The molecule has 1 aliphatic carbocycles. The lowest BCUT2D eigenvalue weighted by Gasteiger charge is -2.38. The number of nitrogens with zero attached hydrogens (tertiary/aromatic N) is 1. The Bertz CT molecular complexity index is 705. The topological polar surface area (TPSA) is 71.5 Å². The maximum absolute atomic E-state index is 12.4. The molecule has 1 fully saturated rings. The van der Waals surface area contributed by atoms with Crippen molar-refractivity contribution in [1.29, 1.82) is 0 Å². The SMILES string of the molecule is COc1cncc([C@H](NC(=O)CSc2ccccc2)C2CC(O)C2)c1. The minimum Gasteiger partial charge on any atom is -0.495 e. The van der Waals surface area contributed by atoms with Crippen LogP contribution in [0.1, 0.15) is 24.4 Å². The van der Waals surface area contributed by atoms with Gasteiger partial charge in [-0.3, -0.25) is 9.78 Å². The van der Waals surface area contributed by atoms with Crippen LogP contribution in [0.5, 0.6) is 5.75 Å². The monoisotopic (exact) mass is 358 g/mol. The minimum atomic E-state index is -0.276. The van der Waals surface area contributed by atoms with E-state index in [9.17, 15) is 9.90 Å². The van der Waals surface area contributed by atoms with E-state index in [0.29, 0.717) is 24.3 Å². The second-order valence-electron chi connectivity index (χ2n) is 6.19. The molecule has 1 saturated carbocycles. The zero-order valence-corrected chi connectivity index (χ0v) is 14.9. The maximum atomic E-state index is 12.4. The van der Waals surface area contributed by atoms with Crippen LogP contribution in [0.25, 0.3) is 0 Å². The average molecular weight is 358 g/mol. The molecule has 25 heavy (non-hydrogen) atoms. The van der Waals surface area contributed by atoms with Crippen LogP contribution in [0.2, 0.25) is 0 Å². The fourth-order valence-electron chi connectivity index (χ4n) is 2.97. The molecule has 3 rings (SSSR count). The molecule has 1 amide bonds. The molecule has 5 nitrogen and oxygen atoms in total. The van der Waals surface area contributed by atoms with E-state index in [0.717, 1.165) is 10.5 Å². The normalized spacial score (nSPS) is 20.4. The average Bonchev–Trinajstić information content (AvgIpc) is 2.63. The Hall–Kier alpha value is -2.05. The van der Waals surface area contributed by atoms with Crippen LogP contribution in [0, 0.1) is 5.92 Å². The smallest absolute Gasteiger partial charge is 0.230 e. The molecule has 0 spiro atoms. The molecular weight excluding hydrogens is 336 g/mol. The summed E-state index contributed by atoms with van der Waals surface area (Å²) >= 11 is 1.51. The number of aromatic nitrogens is 1. The van der Waals surface area contributed by atoms with Gasteiger partial charge in [-0.2, -0.15) is 0 Å². The third-order valence-corrected chi connectivity index (χ3v) is 5.39. The van der Waals surface area contributed by atoms with Gasteiger partial charge in [0.15, 0.2) is 0 Å². The number of carbonyl (C=O) groups is 1. The number of thioether (sulfide) groups is 1. The standard InChI is InChI=1S/C19H22N2O3S/c1-24-16-9-14(10-20-11-16)19(13-7-15(22)8-13)21-18(23)12-25-17-5-3-2-4-6-17/h2-6,9-11,13,15,19,22H,7-8,12H2,1H3,(H,21,23)/t13?,15?,19-/m1/s1. The van der Waals surface area contributed by atoms with E-state index in [-0.39, 0.29) is 24.0 Å². The number of carbonyl (C=O) groups excluding carboxylic acids is 1. The number of nitrogens with one attached hydrogen (secondary N) is 1. The molecule has 132 valence electrons. The second kappa shape index (κ2) is 8.36. The summed E-state index contributed by atoms with van der Waals surface area (Å²) < 4.78 is 5.24. The number of methoxy groups -OCH3 is 1. The van der Waals surface area contributed by atoms with E-state index < -0.39 is 0 Å². The summed E-state index contributed by atoms with van der Waals surface area (Å²) in [6.45, 7) is 0. The zero-order valence-electron chi connectivity index (χ0n) is 14.1. The molecule has 2 aromatic rings. The summed E-state index contributed by atoms with van der Waals surface area (Å²) in [6, 6.07) is 11.6. The van der Waals surface area contributed by atoms with E-state index in [1.165, 1.54) is 11.8 Å². The van der Waals surface area contributed by atoms with Crippen molar-refractivity contribution in [3.8, 4) is 5.75 Å². The molecule has 2 N–H and O–H groups in total. The molecule has 0 radical (unpaired) electrons. The van der Waals surface area contributed by atoms with Crippen molar-refractivity contribution in [3.63, 3.8) is 0 Å². The van der Waals surface area contributed by atoms with Crippen molar-refractivity contribution >= 4 is 17.7 Å². The van der Waals surface area contributed by atoms with Gasteiger partial charge in [-0.05, 0) is 42.5 Å². The predicted octanol–water partition coefficient (Wildman–Crippen LogP) is 2.81. The van der Waals surface area contributed by atoms with Crippen molar-refractivity contribution in [1.82, 2.24) is 10.3 Å². The highest BCUT2D eigenvalue weighted by Gasteiger charge is 2.36. The lowest BCUT2D eigenvalue weighted by atomic mass is 9.75. The number of benzene rings is 1. The minimum absolute atomic E-state index is 0.0249. The summed E-state index contributed by atoms with van der Waals surface area (Å²) in [5.41, 5.74) is 0.911. The first-order valence-electron chi connectivity index (χ1n) is 8.30. The highest BCUT2D eigenvalue weighted by molar-refractivity contribution is 8.00. The van der Waals surface area contributed by atoms with Gasteiger partial charge in [-0.15, -0.1) is 11.8 Å². The van der Waals surface area contributed by atoms with Gasteiger partial charge in [0.2, 0.25) is 5.91 Å². The van der Waals surface area contributed by atoms with Crippen LogP contribution in [0.15, 0.2) is 53.7 Å². The van der Waals surface area contributed by atoms with Crippen LogP contribution in [0.4, 0.5) is 0 Å². The van der Waals surface area contributed by atoms with Crippen LogP contribution in [-0.4, -0.2) is 35.0 Å². The molecule has 1 aliphatic rings. The molecular formula is C19H22N2O3S. The first kappa shape index (κ1) is 17.8. The highest BCUT2D eigenvalue weighted by Crippen LogP contribution is 2.38. The number of rotatable bonds is 7. The van der Waals surface area contributed by atoms with Crippen LogP contribution >= 0.6 is 11.8 Å². The maximum Gasteiger partial charge on any atom is 0.230 e. The van der Waals surface area contributed by atoms with Crippen molar-refractivity contribution in [3.05, 3.63) is 54.4 Å². The Morgan fingerprint density at radius 3 is 2.80 bits per heavy atom. The van der Waals surface area contributed by atoms with E-state index in [1.54, 1.807) is 19.5 Å². The number of ether oxygens (including phenoxy) is 1. The molecule has 0 aliphatic heterocycles. The number of amides is 1. The first-order chi connectivity index (χ1) is 12.2. The summed E-state index contributed by atoms with van der Waals surface area (Å²) in [5, 5.41) is 12.8. The van der Waals surface area contributed by atoms with E-state index in [4.69, 9.17) is 4.74 Å². The lowest BCUT2D eigenvalue weighted by Crippen LogP contribution is -2.42. The number of hydrogen-bond acceptors (Lipinski definition) is 5. The summed E-state index contributed by atoms with van der Waals surface area (Å²) in [5.74, 6) is 1.21. The lowest BCUT2D eigenvalue weighted by molar-refractivity contribution is -0.120. The van der Waals surface area contributed by atoms with Crippen molar-refractivity contribution in [2.24, 2.45) is 5.92 Å². The second-order valence-corrected chi connectivity index (χ2v) is 7.24. The summed E-state index contributed by atoms with van der Waals surface area (Å²) in [4.78, 5) is 17.7. The molecule has 1 aromatic heterocycles. The van der Waals surface area contributed by atoms with E-state index in [1.807, 2.05) is 36.4 Å². The summed E-state index contributed by atoms with van der Waals surface area (Å²) in [6.07, 6.45) is 4.50. The van der Waals surface area contributed by atoms with Crippen LogP contribution in [-0.2, 0) is 4.79 Å².